The summed E-state index contributed by atoms with van der Waals surface area (Å²) in [5, 5.41) is 24.0. The molecular formula is C21H18NO3P. The first-order valence-corrected chi connectivity index (χ1v) is 9.51. The highest BCUT2D eigenvalue weighted by atomic mass is 31.1. The molecule has 2 atom stereocenters. The van der Waals surface area contributed by atoms with Gasteiger partial charge in [-0.25, -0.2) is 4.79 Å². The van der Waals surface area contributed by atoms with Crippen molar-refractivity contribution in [2.75, 3.05) is 0 Å². The number of aromatic hydroxyl groups is 1. The standard InChI is InChI=1S/C21H18NO3P/c23-19-11-14-4-3-13(8-16(14)10-18(19)21(24)25)12-22-17-5-6-20-15(9-17)2-1-7-26-20/h1-11,20,22-23,26H,12H2,(H,24,25). The number of aromatic carboxylic acids is 1. The number of benzene rings is 2. The number of nitrogens with one attached hydrogen (secondary N) is 1. The number of hydrogen-bond donors (Lipinski definition) is 3. The molecule has 2 aromatic rings. The average molecular weight is 363 g/mol. The van der Waals surface area contributed by atoms with Crippen LogP contribution in [0.25, 0.3) is 10.8 Å². The van der Waals surface area contributed by atoms with E-state index in [0.717, 1.165) is 30.6 Å². The summed E-state index contributed by atoms with van der Waals surface area (Å²) in [7, 11) is 0.804. The smallest absolute Gasteiger partial charge is 0.339 e. The molecule has 4 nitrogen and oxygen atoms in total. The molecule has 0 radical (unpaired) electrons. The lowest BCUT2D eigenvalue weighted by Crippen LogP contribution is -2.16. The van der Waals surface area contributed by atoms with Crippen LogP contribution in [0.5, 0.6) is 5.75 Å². The number of carbonyl (C=O) groups is 1. The number of carboxylic acids is 1. The highest BCUT2D eigenvalue weighted by Gasteiger charge is 2.15. The van der Waals surface area contributed by atoms with E-state index in [2.05, 4.69) is 41.5 Å². The van der Waals surface area contributed by atoms with Gasteiger partial charge in [0.2, 0.25) is 0 Å². The van der Waals surface area contributed by atoms with Gasteiger partial charge in [-0.2, -0.15) is 0 Å². The van der Waals surface area contributed by atoms with Gasteiger partial charge in [-0.3, -0.25) is 0 Å². The average Bonchev–Trinajstić information content (AvgIpc) is 2.65. The van der Waals surface area contributed by atoms with Crippen LogP contribution in [-0.2, 0) is 6.54 Å². The van der Waals surface area contributed by atoms with Gasteiger partial charge < -0.3 is 15.5 Å². The van der Waals surface area contributed by atoms with Gasteiger partial charge >= 0.3 is 5.97 Å². The summed E-state index contributed by atoms with van der Waals surface area (Å²) >= 11 is 0. The fourth-order valence-corrected chi connectivity index (χ4v) is 4.17. The van der Waals surface area contributed by atoms with Crippen LogP contribution in [0.4, 0.5) is 0 Å². The van der Waals surface area contributed by atoms with E-state index in [9.17, 15) is 9.90 Å². The molecule has 0 fully saturated rings. The maximum atomic E-state index is 11.2. The quantitative estimate of drug-likeness (QED) is 0.709. The summed E-state index contributed by atoms with van der Waals surface area (Å²) in [6, 6.07) is 8.84. The molecule has 3 N–H and O–H groups in total. The number of phenols is 1. The van der Waals surface area contributed by atoms with E-state index < -0.39 is 5.97 Å². The lowest BCUT2D eigenvalue weighted by molar-refractivity contribution is 0.0694. The normalized spacial score (nSPS) is 19.2. The van der Waals surface area contributed by atoms with Crippen LogP contribution in [-0.4, -0.2) is 21.8 Å². The molecule has 2 aliphatic rings. The summed E-state index contributed by atoms with van der Waals surface area (Å²) in [4.78, 5) is 11.2. The Kier molecular flexibility index (Phi) is 4.36. The Balaban J connectivity index is 1.54. The maximum Gasteiger partial charge on any atom is 0.339 e. The van der Waals surface area contributed by atoms with Crippen molar-refractivity contribution in [3.63, 3.8) is 0 Å². The molecule has 130 valence electrons. The second-order valence-electron chi connectivity index (χ2n) is 6.34. The largest absolute Gasteiger partial charge is 0.507 e. The van der Waals surface area contributed by atoms with E-state index in [-0.39, 0.29) is 11.3 Å². The predicted molar refractivity (Wildman–Crippen MR) is 106 cm³/mol. The fourth-order valence-electron chi connectivity index (χ4n) is 3.18. The van der Waals surface area contributed by atoms with Gasteiger partial charge in [0.15, 0.2) is 0 Å². The topological polar surface area (TPSA) is 69.6 Å². The van der Waals surface area contributed by atoms with Crippen molar-refractivity contribution < 1.29 is 15.0 Å². The van der Waals surface area contributed by atoms with E-state index in [1.807, 2.05) is 18.2 Å². The van der Waals surface area contributed by atoms with Crippen LogP contribution in [0.1, 0.15) is 15.9 Å². The zero-order valence-electron chi connectivity index (χ0n) is 13.9. The van der Waals surface area contributed by atoms with Crippen molar-refractivity contribution in [3.05, 3.63) is 88.9 Å². The fraction of sp³-hybridized carbons (Fsp3) is 0.0952. The van der Waals surface area contributed by atoms with Crippen molar-refractivity contribution >= 4 is 25.3 Å². The van der Waals surface area contributed by atoms with Gasteiger partial charge in [0.25, 0.3) is 0 Å². The summed E-state index contributed by atoms with van der Waals surface area (Å²) in [6.45, 7) is 0.644. The van der Waals surface area contributed by atoms with Crippen LogP contribution >= 0.6 is 8.58 Å². The predicted octanol–water partition coefficient (Wildman–Crippen LogP) is 4.29. The van der Waals surface area contributed by atoms with Crippen molar-refractivity contribution in [1.82, 2.24) is 5.32 Å². The second-order valence-corrected chi connectivity index (χ2v) is 7.63. The molecular weight excluding hydrogens is 345 g/mol. The number of fused-ring (bicyclic) bond motifs is 2. The van der Waals surface area contributed by atoms with E-state index in [0.29, 0.717) is 12.2 Å². The SMILES string of the molecule is O=C(O)c1cc2cc(CNC3=CC4=CC=CPC4C=C3)ccc2cc1O. The summed E-state index contributed by atoms with van der Waals surface area (Å²) in [5.41, 5.74) is 3.88. The highest BCUT2D eigenvalue weighted by molar-refractivity contribution is 7.43. The minimum absolute atomic E-state index is 0.0790. The van der Waals surface area contributed by atoms with Crippen LogP contribution in [0.15, 0.2) is 77.8 Å². The molecule has 0 spiro atoms. The van der Waals surface area contributed by atoms with E-state index >= 15 is 0 Å². The Bertz CT molecular complexity index is 1020. The number of rotatable bonds is 4. The Hall–Kier alpha value is -2.84. The molecule has 0 aromatic heterocycles. The monoisotopic (exact) mass is 363 g/mol. The number of carboxylic acid groups (broad SMARTS) is 1. The van der Waals surface area contributed by atoms with Crippen LogP contribution in [0.2, 0.25) is 0 Å². The molecule has 1 aliphatic carbocycles. The molecule has 1 heterocycles. The lowest BCUT2D eigenvalue weighted by Gasteiger charge is -2.21. The molecule has 4 rings (SSSR count). The summed E-state index contributed by atoms with van der Waals surface area (Å²) < 4.78 is 0. The first kappa shape index (κ1) is 16.6. The third-order valence-electron chi connectivity index (χ3n) is 4.56. The molecule has 26 heavy (non-hydrogen) atoms. The Morgan fingerprint density at radius 3 is 2.92 bits per heavy atom. The Labute approximate surface area is 153 Å². The van der Waals surface area contributed by atoms with Crippen LogP contribution in [0, 0.1) is 0 Å². The van der Waals surface area contributed by atoms with Crippen LogP contribution < -0.4 is 5.32 Å². The highest BCUT2D eigenvalue weighted by Crippen LogP contribution is 2.35. The lowest BCUT2D eigenvalue weighted by atomic mass is 10.0. The molecule has 1 aliphatic heterocycles. The van der Waals surface area contributed by atoms with E-state index in [1.54, 1.807) is 0 Å². The molecule has 0 saturated heterocycles. The number of allylic oxidation sites excluding steroid dienone is 6. The minimum atomic E-state index is -1.13. The van der Waals surface area contributed by atoms with Crippen molar-refractivity contribution in [2.24, 2.45) is 0 Å². The molecule has 0 bridgehead atoms. The molecule has 5 heteroatoms. The third kappa shape index (κ3) is 3.29. The van der Waals surface area contributed by atoms with Crippen molar-refractivity contribution in [1.29, 1.82) is 0 Å². The maximum absolute atomic E-state index is 11.2. The second kappa shape index (κ2) is 6.81. The van der Waals surface area contributed by atoms with Crippen molar-refractivity contribution in [2.45, 2.75) is 12.2 Å². The van der Waals surface area contributed by atoms with E-state index in [4.69, 9.17) is 5.11 Å². The Morgan fingerprint density at radius 1 is 1.19 bits per heavy atom. The van der Waals surface area contributed by atoms with Gasteiger partial charge in [0, 0.05) is 17.9 Å². The van der Waals surface area contributed by atoms with Gasteiger partial charge in [-0.15, -0.1) is 0 Å². The van der Waals surface area contributed by atoms with Crippen LogP contribution in [0.3, 0.4) is 0 Å². The minimum Gasteiger partial charge on any atom is -0.507 e. The molecule has 0 saturated carbocycles. The summed E-state index contributed by atoms with van der Waals surface area (Å²) in [5.74, 6) is 0.872. The Morgan fingerprint density at radius 2 is 2.08 bits per heavy atom. The molecule has 0 amide bonds. The first-order valence-electron chi connectivity index (χ1n) is 8.36. The van der Waals surface area contributed by atoms with E-state index in [1.165, 1.54) is 17.7 Å². The summed E-state index contributed by atoms with van der Waals surface area (Å²) in [6.07, 6.45) is 10.8. The van der Waals surface area contributed by atoms with Crippen molar-refractivity contribution in [3.8, 4) is 5.75 Å². The first-order chi connectivity index (χ1) is 12.6. The number of hydrogen-bond acceptors (Lipinski definition) is 3. The third-order valence-corrected chi connectivity index (χ3v) is 5.83. The molecule has 2 aromatic carbocycles. The molecule has 2 unspecified atom stereocenters. The van der Waals surface area contributed by atoms with Gasteiger partial charge in [-0.05, 0) is 52.3 Å². The van der Waals surface area contributed by atoms with Gasteiger partial charge in [-0.1, -0.05) is 44.8 Å². The van der Waals surface area contributed by atoms with Gasteiger partial charge in [0.05, 0.1) is 0 Å². The van der Waals surface area contributed by atoms with Gasteiger partial charge in [0.1, 0.15) is 11.3 Å². The zero-order chi connectivity index (χ0) is 18.1. The zero-order valence-corrected chi connectivity index (χ0v) is 14.9.